The van der Waals surface area contributed by atoms with Gasteiger partial charge in [0.2, 0.25) is 20.0 Å². The zero-order chi connectivity index (χ0) is 15.7. The van der Waals surface area contributed by atoms with Crippen LogP contribution < -0.4 is 9.86 Å². The van der Waals surface area contributed by atoms with E-state index in [0.29, 0.717) is 19.4 Å². The van der Waals surface area contributed by atoms with Crippen molar-refractivity contribution in [3.05, 3.63) is 24.3 Å². The molecule has 3 N–H and O–H groups in total. The van der Waals surface area contributed by atoms with E-state index in [-0.39, 0.29) is 21.9 Å². The number of sulfonamides is 2. The highest BCUT2D eigenvalue weighted by Crippen LogP contribution is 2.25. The molecule has 1 aliphatic rings. The molecule has 1 saturated carbocycles. The van der Waals surface area contributed by atoms with Crippen LogP contribution in [0, 0.1) is 0 Å². The smallest absolute Gasteiger partial charge is 0.240 e. The minimum Gasteiger partial charge on any atom is -0.378 e. The molecule has 0 aliphatic heterocycles. The van der Waals surface area contributed by atoms with Gasteiger partial charge in [-0.2, -0.15) is 0 Å². The third-order valence-electron chi connectivity index (χ3n) is 3.26. The lowest BCUT2D eigenvalue weighted by atomic mass is 9.90. The van der Waals surface area contributed by atoms with Crippen molar-refractivity contribution in [3.8, 4) is 0 Å². The van der Waals surface area contributed by atoms with Crippen LogP contribution in [0.5, 0.6) is 0 Å². The molecule has 9 heteroatoms. The van der Waals surface area contributed by atoms with Crippen molar-refractivity contribution >= 4 is 20.0 Å². The molecule has 0 bridgehead atoms. The molecule has 1 aliphatic carbocycles. The third-order valence-corrected chi connectivity index (χ3v) is 5.69. The van der Waals surface area contributed by atoms with E-state index in [4.69, 9.17) is 9.88 Å². The van der Waals surface area contributed by atoms with E-state index < -0.39 is 20.0 Å². The Kier molecular flexibility index (Phi) is 4.69. The lowest BCUT2D eigenvalue weighted by molar-refractivity contribution is -0.00475. The summed E-state index contributed by atoms with van der Waals surface area (Å²) in [7, 11) is -7.70. The second-order valence-electron chi connectivity index (χ2n) is 4.89. The second-order valence-corrected chi connectivity index (χ2v) is 8.16. The van der Waals surface area contributed by atoms with Gasteiger partial charge in [-0.3, -0.25) is 0 Å². The molecule has 7 nitrogen and oxygen atoms in total. The normalized spacial score (nSPS) is 22.8. The number of nitrogens with one attached hydrogen (secondary N) is 1. The fourth-order valence-corrected chi connectivity index (χ4v) is 4.08. The van der Waals surface area contributed by atoms with Crippen molar-refractivity contribution in [3.63, 3.8) is 0 Å². The van der Waals surface area contributed by atoms with Crippen molar-refractivity contribution in [2.45, 2.75) is 41.7 Å². The standard InChI is InChI=1S/C12H18N2O5S2/c1-2-19-10-6-9(7-10)14-21(17,18)12-5-3-4-11(8-12)20(13,15)16/h3-5,8-10,14H,2,6-7H2,1H3,(H2,13,15,16). The summed E-state index contributed by atoms with van der Waals surface area (Å²) >= 11 is 0. The van der Waals surface area contributed by atoms with Gasteiger partial charge < -0.3 is 4.74 Å². The predicted octanol–water partition coefficient (Wildman–Crippen LogP) is 0.180. The number of hydrogen-bond acceptors (Lipinski definition) is 5. The van der Waals surface area contributed by atoms with E-state index in [1.54, 1.807) is 0 Å². The number of ether oxygens (including phenoxy) is 1. The van der Waals surface area contributed by atoms with Crippen LogP contribution in [0.25, 0.3) is 0 Å². The van der Waals surface area contributed by atoms with Crippen LogP contribution in [0.4, 0.5) is 0 Å². The molecule has 0 saturated heterocycles. The average Bonchev–Trinajstić information content (AvgIpc) is 2.35. The number of rotatable bonds is 6. The Hall–Kier alpha value is -1.00. The summed E-state index contributed by atoms with van der Waals surface area (Å²) in [6, 6.07) is 4.79. The maximum absolute atomic E-state index is 12.2. The van der Waals surface area contributed by atoms with Crippen molar-refractivity contribution < 1.29 is 21.6 Å². The summed E-state index contributed by atoms with van der Waals surface area (Å²) in [4.78, 5) is -0.347. The Bertz CT molecular complexity index is 709. The number of nitrogens with two attached hydrogens (primary N) is 1. The first-order valence-corrected chi connectivity index (χ1v) is 9.52. The van der Waals surface area contributed by atoms with Gasteiger partial charge >= 0.3 is 0 Å². The van der Waals surface area contributed by atoms with Gasteiger partial charge in [-0.25, -0.2) is 26.7 Å². The molecule has 0 heterocycles. The molecule has 0 atom stereocenters. The average molecular weight is 334 g/mol. The molecule has 0 unspecified atom stereocenters. The molecule has 1 aromatic rings. The molecule has 0 spiro atoms. The Balaban J connectivity index is 2.11. The van der Waals surface area contributed by atoms with E-state index >= 15 is 0 Å². The predicted molar refractivity (Wildman–Crippen MR) is 76.6 cm³/mol. The molecule has 118 valence electrons. The van der Waals surface area contributed by atoms with Crippen LogP contribution >= 0.6 is 0 Å². The van der Waals surface area contributed by atoms with E-state index in [0.717, 1.165) is 6.07 Å². The van der Waals surface area contributed by atoms with Crippen molar-refractivity contribution in [2.24, 2.45) is 5.14 Å². The van der Waals surface area contributed by atoms with Crippen molar-refractivity contribution in [2.75, 3.05) is 6.61 Å². The van der Waals surface area contributed by atoms with Crippen LogP contribution in [0.3, 0.4) is 0 Å². The Morgan fingerprint density at radius 3 is 2.43 bits per heavy atom. The molecular weight excluding hydrogens is 316 g/mol. The summed E-state index contributed by atoms with van der Waals surface area (Å²) < 4.78 is 54.8. The van der Waals surface area contributed by atoms with Crippen LogP contribution in [0.1, 0.15) is 19.8 Å². The summed E-state index contributed by atoms with van der Waals surface area (Å²) in [5.74, 6) is 0. The van der Waals surface area contributed by atoms with Crippen LogP contribution in [0.2, 0.25) is 0 Å². The van der Waals surface area contributed by atoms with Gasteiger partial charge in [-0.1, -0.05) is 6.07 Å². The number of benzene rings is 1. The van der Waals surface area contributed by atoms with Crippen molar-refractivity contribution in [1.29, 1.82) is 0 Å². The van der Waals surface area contributed by atoms with E-state index in [1.165, 1.54) is 18.2 Å². The van der Waals surface area contributed by atoms with Crippen LogP contribution in [-0.2, 0) is 24.8 Å². The molecule has 0 amide bonds. The van der Waals surface area contributed by atoms with Gasteiger partial charge in [0.15, 0.2) is 0 Å². The van der Waals surface area contributed by atoms with Crippen LogP contribution in [0.15, 0.2) is 34.1 Å². The Morgan fingerprint density at radius 2 is 1.86 bits per heavy atom. The number of hydrogen-bond donors (Lipinski definition) is 2. The second kappa shape index (κ2) is 6.01. The maximum atomic E-state index is 12.2. The van der Waals surface area contributed by atoms with Gasteiger partial charge in [-0.05, 0) is 38.0 Å². The van der Waals surface area contributed by atoms with Crippen LogP contribution in [-0.4, -0.2) is 35.6 Å². The first kappa shape index (κ1) is 16.4. The summed E-state index contributed by atoms with van der Waals surface area (Å²) in [5, 5.41) is 5.00. The SMILES string of the molecule is CCOC1CC(NS(=O)(=O)c2cccc(S(N)(=O)=O)c2)C1. The van der Waals surface area contributed by atoms with Gasteiger partial charge in [0.05, 0.1) is 15.9 Å². The lowest BCUT2D eigenvalue weighted by Gasteiger charge is -2.35. The number of primary sulfonamides is 1. The minimum atomic E-state index is -3.93. The first-order valence-electron chi connectivity index (χ1n) is 6.49. The fourth-order valence-electron chi connectivity index (χ4n) is 2.14. The fraction of sp³-hybridized carbons (Fsp3) is 0.500. The summed E-state index contributed by atoms with van der Waals surface area (Å²) in [6.45, 7) is 2.48. The molecular formula is C12H18N2O5S2. The molecule has 21 heavy (non-hydrogen) atoms. The van der Waals surface area contributed by atoms with Gasteiger partial charge in [-0.15, -0.1) is 0 Å². The maximum Gasteiger partial charge on any atom is 0.240 e. The Morgan fingerprint density at radius 1 is 1.24 bits per heavy atom. The van der Waals surface area contributed by atoms with Crippen molar-refractivity contribution in [1.82, 2.24) is 4.72 Å². The molecule has 2 rings (SSSR count). The lowest BCUT2D eigenvalue weighted by Crippen LogP contribution is -2.47. The van der Waals surface area contributed by atoms with Gasteiger partial charge in [0, 0.05) is 12.6 Å². The molecule has 1 fully saturated rings. The quantitative estimate of drug-likeness (QED) is 0.770. The minimum absolute atomic E-state index is 0.0819. The van der Waals surface area contributed by atoms with Gasteiger partial charge in [0.1, 0.15) is 0 Å². The molecule has 0 aromatic heterocycles. The monoisotopic (exact) mass is 334 g/mol. The molecule has 1 aromatic carbocycles. The van der Waals surface area contributed by atoms with Gasteiger partial charge in [0.25, 0.3) is 0 Å². The van der Waals surface area contributed by atoms with E-state index in [2.05, 4.69) is 4.72 Å². The summed E-state index contributed by atoms with van der Waals surface area (Å²) in [6.07, 6.45) is 1.31. The first-order chi connectivity index (χ1) is 9.72. The van der Waals surface area contributed by atoms with E-state index in [1.807, 2.05) is 6.92 Å². The Labute approximate surface area is 124 Å². The highest BCUT2D eigenvalue weighted by molar-refractivity contribution is 7.90. The third kappa shape index (κ3) is 4.01. The highest BCUT2D eigenvalue weighted by Gasteiger charge is 2.33. The summed E-state index contributed by atoms with van der Waals surface area (Å²) in [5.41, 5.74) is 0. The van der Waals surface area contributed by atoms with E-state index in [9.17, 15) is 16.8 Å². The zero-order valence-electron chi connectivity index (χ0n) is 11.5. The largest absolute Gasteiger partial charge is 0.378 e. The zero-order valence-corrected chi connectivity index (χ0v) is 13.2. The topological polar surface area (TPSA) is 116 Å². The highest BCUT2D eigenvalue weighted by atomic mass is 32.2. The molecule has 0 radical (unpaired) electrons.